The Balaban J connectivity index is 1.90. The van der Waals surface area contributed by atoms with Gasteiger partial charge in [0.05, 0.1) is 13.2 Å². The van der Waals surface area contributed by atoms with Crippen LogP contribution in [0.1, 0.15) is 30.7 Å². The molecule has 0 aliphatic rings. The highest BCUT2D eigenvalue weighted by Gasteiger charge is 2.24. The quantitative estimate of drug-likeness (QED) is 0.711. The lowest BCUT2D eigenvalue weighted by Crippen LogP contribution is -2.40. The van der Waals surface area contributed by atoms with Gasteiger partial charge in [0.1, 0.15) is 11.4 Å². The van der Waals surface area contributed by atoms with E-state index in [0.717, 1.165) is 22.6 Å². The Bertz CT molecular complexity index is 669. The van der Waals surface area contributed by atoms with Crippen molar-refractivity contribution in [3.63, 3.8) is 0 Å². The van der Waals surface area contributed by atoms with Crippen molar-refractivity contribution in [3.8, 4) is 5.75 Å². The lowest BCUT2D eigenvalue weighted by molar-refractivity contribution is 0.0637. The summed E-state index contributed by atoms with van der Waals surface area (Å²) in [6.45, 7) is 6.46. The van der Waals surface area contributed by atoms with Crippen molar-refractivity contribution in [1.82, 2.24) is 5.32 Å². The van der Waals surface area contributed by atoms with Gasteiger partial charge in [-0.1, -0.05) is 13.0 Å². The van der Waals surface area contributed by atoms with Crippen LogP contribution >= 0.6 is 11.3 Å². The summed E-state index contributed by atoms with van der Waals surface area (Å²) in [4.78, 5) is 12.9. The second kappa shape index (κ2) is 8.17. The van der Waals surface area contributed by atoms with Gasteiger partial charge >= 0.3 is 6.03 Å². The molecule has 1 aromatic heterocycles. The van der Waals surface area contributed by atoms with Crippen molar-refractivity contribution >= 4 is 23.1 Å². The summed E-state index contributed by atoms with van der Waals surface area (Å²) in [6.07, 6.45) is 0.950. The zero-order valence-corrected chi connectivity index (χ0v) is 15.1. The largest absolute Gasteiger partial charge is 0.494 e. The molecular weight excluding hydrogens is 324 g/mol. The number of carbonyl (C=O) groups is 1. The first-order valence-electron chi connectivity index (χ1n) is 7.97. The van der Waals surface area contributed by atoms with E-state index in [1.807, 2.05) is 42.6 Å². The molecule has 0 bridgehead atoms. The van der Waals surface area contributed by atoms with Gasteiger partial charge in [0.2, 0.25) is 0 Å². The molecule has 0 saturated carbocycles. The molecule has 0 fully saturated rings. The number of thiophene rings is 1. The van der Waals surface area contributed by atoms with Gasteiger partial charge < -0.3 is 20.5 Å². The summed E-state index contributed by atoms with van der Waals surface area (Å²) in [5, 5.41) is 17.8. The first-order valence-corrected chi connectivity index (χ1v) is 8.85. The van der Waals surface area contributed by atoms with Crippen LogP contribution in [0.2, 0.25) is 0 Å². The number of urea groups is 1. The van der Waals surface area contributed by atoms with Crippen molar-refractivity contribution in [2.24, 2.45) is 0 Å². The maximum absolute atomic E-state index is 12.1. The van der Waals surface area contributed by atoms with E-state index in [1.165, 1.54) is 11.3 Å². The van der Waals surface area contributed by atoms with E-state index in [1.54, 1.807) is 6.92 Å². The number of amides is 2. The van der Waals surface area contributed by atoms with E-state index in [0.29, 0.717) is 12.3 Å². The Morgan fingerprint density at radius 2 is 2.17 bits per heavy atom. The molecule has 2 rings (SSSR count). The van der Waals surface area contributed by atoms with Crippen LogP contribution in [0.4, 0.5) is 10.5 Å². The minimum Gasteiger partial charge on any atom is -0.494 e. The number of aliphatic hydroxyl groups is 1. The number of nitrogens with one attached hydrogen (secondary N) is 2. The second-order valence-corrected chi connectivity index (χ2v) is 6.83. The lowest BCUT2D eigenvalue weighted by Gasteiger charge is -2.22. The Labute approximate surface area is 146 Å². The van der Waals surface area contributed by atoms with Gasteiger partial charge in [-0.15, -0.1) is 11.3 Å². The predicted octanol–water partition coefficient (Wildman–Crippen LogP) is 3.87. The minimum atomic E-state index is -1.08. The molecule has 0 saturated heterocycles. The van der Waals surface area contributed by atoms with Crippen LogP contribution in [0, 0.1) is 6.92 Å². The summed E-state index contributed by atoms with van der Waals surface area (Å²) in [7, 11) is 0. The number of carbonyl (C=O) groups excluding carboxylic acids is 1. The Hall–Kier alpha value is -2.05. The van der Waals surface area contributed by atoms with Crippen LogP contribution in [0.3, 0.4) is 0 Å². The van der Waals surface area contributed by atoms with Gasteiger partial charge in [-0.25, -0.2) is 4.79 Å². The van der Waals surface area contributed by atoms with Crippen molar-refractivity contribution in [2.45, 2.75) is 32.8 Å². The fourth-order valence-corrected chi connectivity index (χ4v) is 2.96. The van der Waals surface area contributed by atoms with Crippen LogP contribution in [0.15, 0.2) is 35.7 Å². The average Bonchev–Trinajstić information content (AvgIpc) is 3.09. The SMILES string of the molecule is CCCOc1ccc(NC(=O)NCC(C)(O)c2cccs2)c(C)c1. The van der Waals surface area contributed by atoms with E-state index in [4.69, 9.17) is 4.74 Å². The van der Waals surface area contributed by atoms with E-state index < -0.39 is 5.60 Å². The Morgan fingerprint density at radius 1 is 1.38 bits per heavy atom. The molecular formula is C18H24N2O3S. The van der Waals surface area contributed by atoms with Crippen LogP contribution in [-0.2, 0) is 5.60 Å². The summed E-state index contributed by atoms with van der Waals surface area (Å²) in [5.41, 5.74) is 0.550. The smallest absolute Gasteiger partial charge is 0.319 e. The third kappa shape index (κ3) is 4.97. The Morgan fingerprint density at radius 3 is 2.79 bits per heavy atom. The molecule has 6 heteroatoms. The first kappa shape index (κ1) is 18.3. The third-order valence-corrected chi connectivity index (χ3v) is 4.69. The molecule has 2 amide bonds. The second-order valence-electron chi connectivity index (χ2n) is 5.88. The Kier molecular flexibility index (Phi) is 6.23. The fraction of sp³-hybridized carbons (Fsp3) is 0.389. The number of anilines is 1. The molecule has 1 aromatic carbocycles. The van der Waals surface area contributed by atoms with Gasteiger partial charge in [-0.05, 0) is 55.5 Å². The van der Waals surface area contributed by atoms with Crippen LogP contribution < -0.4 is 15.4 Å². The minimum absolute atomic E-state index is 0.135. The summed E-state index contributed by atoms with van der Waals surface area (Å²) >= 11 is 1.46. The molecule has 0 aliphatic heterocycles. The molecule has 1 heterocycles. The molecule has 24 heavy (non-hydrogen) atoms. The summed E-state index contributed by atoms with van der Waals surface area (Å²) < 4.78 is 5.57. The average molecular weight is 348 g/mol. The van der Waals surface area contributed by atoms with Crippen LogP contribution in [0.25, 0.3) is 0 Å². The molecule has 3 N–H and O–H groups in total. The van der Waals surface area contributed by atoms with Crippen molar-refractivity contribution in [1.29, 1.82) is 0 Å². The predicted molar refractivity (Wildman–Crippen MR) is 97.9 cm³/mol. The zero-order chi connectivity index (χ0) is 17.6. The molecule has 2 aromatic rings. The van der Waals surface area contributed by atoms with Crippen molar-refractivity contribution < 1.29 is 14.6 Å². The maximum Gasteiger partial charge on any atom is 0.319 e. The van der Waals surface area contributed by atoms with E-state index in [2.05, 4.69) is 17.6 Å². The molecule has 0 radical (unpaired) electrons. The third-order valence-electron chi connectivity index (χ3n) is 3.56. The highest BCUT2D eigenvalue weighted by molar-refractivity contribution is 7.10. The molecule has 5 nitrogen and oxygen atoms in total. The number of hydrogen-bond donors (Lipinski definition) is 3. The van der Waals surface area contributed by atoms with E-state index in [-0.39, 0.29) is 12.6 Å². The summed E-state index contributed by atoms with van der Waals surface area (Å²) in [5.74, 6) is 0.793. The first-order chi connectivity index (χ1) is 11.4. The normalized spacial score (nSPS) is 13.2. The molecule has 1 atom stereocenters. The zero-order valence-electron chi connectivity index (χ0n) is 14.3. The molecule has 0 spiro atoms. The van der Waals surface area contributed by atoms with Gasteiger partial charge in [0.15, 0.2) is 0 Å². The van der Waals surface area contributed by atoms with Crippen LogP contribution in [0.5, 0.6) is 5.75 Å². The van der Waals surface area contributed by atoms with Gasteiger partial charge in [-0.2, -0.15) is 0 Å². The number of aryl methyl sites for hydroxylation is 1. The number of ether oxygens (including phenoxy) is 1. The van der Waals surface area contributed by atoms with Gasteiger partial charge in [-0.3, -0.25) is 0 Å². The highest BCUT2D eigenvalue weighted by Crippen LogP contribution is 2.25. The van der Waals surface area contributed by atoms with Gasteiger partial charge in [0.25, 0.3) is 0 Å². The maximum atomic E-state index is 12.1. The lowest BCUT2D eigenvalue weighted by atomic mass is 10.1. The molecule has 130 valence electrons. The monoisotopic (exact) mass is 348 g/mol. The topological polar surface area (TPSA) is 70.6 Å². The van der Waals surface area contributed by atoms with E-state index in [9.17, 15) is 9.90 Å². The number of hydrogen-bond acceptors (Lipinski definition) is 4. The van der Waals surface area contributed by atoms with E-state index >= 15 is 0 Å². The van der Waals surface area contributed by atoms with Crippen LogP contribution in [-0.4, -0.2) is 24.3 Å². The highest BCUT2D eigenvalue weighted by atomic mass is 32.1. The van der Waals surface area contributed by atoms with Crippen molar-refractivity contribution in [2.75, 3.05) is 18.5 Å². The number of benzene rings is 1. The molecule has 1 unspecified atom stereocenters. The summed E-state index contributed by atoms with van der Waals surface area (Å²) in [6, 6.07) is 8.92. The molecule has 0 aliphatic carbocycles. The van der Waals surface area contributed by atoms with Gasteiger partial charge in [0, 0.05) is 10.6 Å². The standard InChI is InChI=1S/C18H24N2O3S/c1-4-9-23-14-7-8-15(13(2)11-14)20-17(21)19-12-18(3,22)16-6-5-10-24-16/h5-8,10-11,22H,4,9,12H2,1-3H3,(H2,19,20,21). The number of rotatable bonds is 7. The fourth-order valence-electron chi connectivity index (χ4n) is 2.18. The van der Waals surface area contributed by atoms with Crippen molar-refractivity contribution in [3.05, 3.63) is 46.2 Å².